The number of aliphatic hydroxyl groups excluding tert-OH is 1. The number of aromatic nitrogens is 1. The fourth-order valence-corrected chi connectivity index (χ4v) is 3.04. The molecule has 0 radical (unpaired) electrons. The van der Waals surface area contributed by atoms with E-state index < -0.39 is 24.6 Å². The highest BCUT2D eigenvalue weighted by atomic mass is 16.5. The van der Waals surface area contributed by atoms with Crippen molar-refractivity contribution < 1.29 is 28.9 Å². The Hall–Kier alpha value is -3.00. The van der Waals surface area contributed by atoms with E-state index in [9.17, 15) is 14.7 Å². The van der Waals surface area contributed by atoms with E-state index in [0.717, 1.165) is 5.56 Å². The van der Waals surface area contributed by atoms with Gasteiger partial charge in [0.15, 0.2) is 18.1 Å². The molecular formula is C20H26N2O6. The molecule has 0 aliphatic heterocycles. The molecule has 28 heavy (non-hydrogen) atoms. The lowest BCUT2D eigenvalue weighted by Crippen LogP contribution is -2.28. The first kappa shape index (κ1) is 21.3. The molecule has 0 saturated carbocycles. The van der Waals surface area contributed by atoms with Crippen LogP contribution in [0.25, 0.3) is 0 Å². The van der Waals surface area contributed by atoms with Gasteiger partial charge in [-0.25, -0.2) is 4.79 Å². The number of rotatable bonds is 8. The molecule has 1 heterocycles. The van der Waals surface area contributed by atoms with Crippen molar-refractivity contribution in [3.8, 4) is 11.5 Å². The van der Waals surface area contributed by atoms with Crippen LogP contribution in [0.4, 0.5) is 0 Å². The second-order valence-electron chi connectivity index (χ2n) is 6.38. The molecule has 3 N–H and O–H groups in total. The largest absolute Gasteiger partial charge is 0.493 e. The van der Waals surface area contributed by atoms with Gasteiger partial charge in [-0.2, -0.15) is 0 Å². The molecular weight excluding hydrogens is 364 g/mol. The third-order valence-electron chi connectivity index (χ3n) is 4.39. The van der Waals surface area contributed by atoms with Gasteiger partial charge in [-0.1, -0.05) is 6.07 Å². The zero-order chi connectivity index (χ0) is 20.8. The summed E-state index contributed by atoms with van der Waals surface area (Å²) in [5, 5.41) is 12.5. The predicted molar refractivity (Wildman–Crippen MR) is 103 cm³/mol. The minimum Gasteiger partial charge on any atom is -0.493 e. The number of H-pyrrole nitrogens is 1. The summed E-state index contributed by atoms with van der Waals surface area (Å²) >= 11 is 0. The van der Waals surface area contributed by atoms with Gasteiger partial charge in [0, 0.05) is 17.8 Å². The number of ether oxygens (including phenoxy) is 3. The van der Waals surface area contributed by atoms with Crippen molar-refractivity contribution in [3.05, 3.63) is 46.3 Å². The number of hydrogen-bond acceptors (Lipinski definition) is 6. The van der Waals surface area contributed by atoms with Crippen LogP contribution in [0.3, 0.4) is 0 Å². The molecule has 1 aromatic heterocycles. The number of benzene rings is 1. The van der Waals surface area contributed by atoms with Gasteiger partial charge in [-0.15, -0.1) is 0 Å². The van der Waals surface area contributed by atoms with E-state index in [4.69, 9.17) is 14.2 Å². The van der Waals surface area contributed by atoms with E-state index in [1.807, 2.05) is 0 Å². The summed E-state index contributed by atoms with van der Waals surface area (Å²) in [6.07, 6.45) is -0.706. The molecule has 1 atom stereocenters. The Morgan fingerprint density at radius 1 is 1.18 bits per heavy atom. The van der Waals surface area contributed by atoms with E-state index in [-0.39, 0.29) is 12.2 Å². The minimum atomic E-state index is -0.706. The lowest BCUT2D eigenvalue weighted by molar-refractivity contribution is -0.124. The molecule has 8 heteroatoms. The number of amides is 1. The smallest absolute Gasteiger partial charge is 0.355 e. The Morgan fingerprint density at radius 3 is 2.43 bits per heavy atom. The van der Waals surface area contributed by atoms with Crippen molar-refractivity contribution in [1.82, 2.24) is 10.3 Å². The third kappa shape index (κ3) is 4.83. The van der Waals surface area contributed by atoms with Crippen LogP contribution < -0.4 is 14.8 Å². The summed E-state index contributed by atoms with van der Waals surface area (Å²) in [5.74, 6) is 0.0837. The Bertz CT molecular complexity index is 857. The number of aromatic amines is 1. The average Bonchev–Trinajstić information content (AvgIpc) is 2.98. The van der Waals surface area contributed by atoms with Crippen LogP contribution in [0.1, 0.15) is 45.9 Å². The van der Waals surface area contributed by atoms with E-state index in [1.54, 1.807) is 46.1 Å². The normalized spacial score (nSPS) is 11.6. The highest BCUT2D eigenvalue weighted by Gasteiger charge is 2.21. The summed E-state index contributed by atoms with van der Waals surface area (Å²) < 4.78 is 15.5. The standard InChI is InChI=1S/C20H26N2O6/c1-11-18(13(3)23)12(2)22-19(11)20(25)28-10-17(24)21-9-14-6-7-15(26-4)16(8-14)27-5/h6-8,13,22-23H,9-10H2,1-5H3,(H,21,24)/t13-/m1/s1. The number of esters is 1. The van der Waals surface area contributed by atoms with Crippen LogP contribution in [0.5, 0.6) is 11.5 Å². The molecule has 0 spiro atoms. The van der Waals surface area contributed by atoms with Crippen molar-refractivity contribution in [2.45, 2.75) is 33.4 Å². The molecule has 0 saturated heterocycles. The highest BCUT2D eigenvalue weighted by Crippen LogP contribution is 2.27. The summed E-state index contributed by atoms with van der Waals surface area (Å²) in [5.41, 5.74) is 3.02. The van der Waals surface area contributed by atoms with Gasteiger partial charge >= 0.3 is 5.97 Å². The van der Waals surface area contributed by atoms with Crippen LogP contribution in [0.2, 0.25) is 0 Å². The van der Waals surface area contributed by atoms with E-state index in [2.05, 4.69) is 10.3 Å². The Morgan fingerprint density at radius 2 is 1.86 bits per heavy atom. The van der Waals surface area contributed by atoms with Crippen molar-refractivity contribution in [3.63, 3.8) is 0 Å². The van der Waals surface area contributed by atoms with E-state index >= 15 is 0 Å². The zero-order valence-corrected chi connectivity index (χ0v) is 16.7. The second kappa shape index (κ2) is 9.27. The number of methoxy groups -OCH3 is 2. The lowest BCUT2D eigenvalue weighted by Gasteiger charge is -2.10. The molecule has 1 amide bonds. The van der Waals surface area contributed by atoms with Crippen molar-refractivity contribution in [1.29, 1.82) is 0 Å². The molecule has 152 valence electrons. The maximum Gasteiger partial charge on any atom is 0.355 e. The molecule has 1 aromatic carbocycles. The van der Waals surface area contributed by atoms with Crippen LogP contribution >= 0.6 is 0 Å². The van der Waals surface area contributed by atoms with Gasteiger partial charge in [-0.05, 0) is 44.0 Å². The molecule has 0 aliphatic rings. The Balaban J connectivity index is 1.91. The van der Waals surface area contributed by atoms with Crippen molar-refractivity contribution in [2.24, 2.45) is 0 Å². The zero-order valence-electron chi connectivity index (χ0n) is 16.7. The number of aliphatic hydroxyl groups is 1. The van der Waals surface area contributed by atoms with Crippen LogP contribution in [0.15, 0.2) is 18.2 Å². The van der Waals surface area contributed by atoms with Gasteiger partial charge in [0.1, 0.15) is 5.69 Å². The summed E-state index contributed by atoms with van der Waals surface area (Å²) in [6.45, 7) is 4.96. The first-order valence-corrected chi connectivity index (χ1v) is 8.80. The first-order valence-electron chi connectivity index (χ1n) is 8.80. The summed E-state index contributed by atoms with van der Waals surface area (Å²) in [4.78, 5) is 27.1. The van der Waals surface area contributed by atoms with Crippen LogP contribution in [-0.2, 0) is 16.1 Å². The SMILES string of the molecule is COc1ccc(CNC(=O)COC(=O)c2[nH]c(C)c([C@@H](C)O)c2C)cc1OC. The molecule has 0 unspecified atom stereocenters. The Kier molecular flexibility index (Phi) is 7.06. The molecule has 2 rings (SSSR count). The number of carbonyl (C=O) groups excluding carboxylic acids is 2. The van der Waals surface area contributed by atoms with Gasteiger partial charge in [-0.3, -0.25) is 4.79 Å². The van der Waals surface area contributed by atoms with Crippen molar-refractivity contribution in [2.75, 3.05) is 20.8 Å². The number of hydrogen-bond donors (Lipinski definition) is 3. The number of nitrogens with one attached hydrogen (secondary N) is 2. The number of carbonyl (C=O) groups is 2. The van der Waals surface area contributed by atoms with Gasteiger partial charge < -0.3 is 29.6 Å². The molecule has 0 aliphatic carbocycles. The molecule has 0 fully saturated rings. The Labute approximate surface area is 163 Å². The van der Waals surface area contributed by atoms with Crippen molar-refractivity contribution >= 4 is 11.9 Å². The quantitative estimate of drug-likeness (QED) is 0.596. The predicted octanol–water partition coefficient (Wildman–Crippen LogP) is 2.18. The van der Waals surface area contributed by atoms with Gasteiger partial charge in [0.2, 0.25) is 0 Å². The fourth-order valence-electron chi connectivity index (χ4n) is 3.04. The topological polar surface area (TPSA) is 110 Å². The van der Waals surface area contributed by atoms with E-state index in [0.29, 0.717) is 28.3 Å². The molecule has 8 nitrogen and oxygen atoms in total. The van der Waals surface area contributed by atoms with Gasteiger partial charge in [0.25, 0.3) is 5.91 Å². The molecule has 2 aromatic rings. The average molecular weight is 390 g/mol. The van der Waals surface area contributed by atoms with Crippen LogP contribution in [0, 0.1) is 13.8 Å². The lowest BCUT2D eigenvalue weighted by atomic mass is 10.1. The fraction of sp³-hybridized carbons (Fsp3) is 0.400. The first-order chi connectivity index (χ1) is 13.3. The maximum atomic E-state index is 12.2. The number of aryl methyl sites for hydroxylation is 1. The van der Waals surface area contributed by atoms with Gasteiger partial charge in [0.05, 0.1) is 20.3 Å². The molecule has 0 bridgehead atoms. The second-order valence-corrected chi connectivity index (χ2v) is 6.38. The third-order valence-corrected chi connectivity index (χ3v) is 4.39. The summed E-state index contributed by atoms with van der Waals surface area (Å²) in [7, 11) is 3.08. The maximum absolute atomic E-state index is 12.2. The monoisotopic (exact) mass is 390 g/mol. The minimum absolute atomic E-state index is 0.237. The summed E-state index contributed by atoms with van der Waals surface area (Å²) in [6, 6.07) is 5.31. The highest BCUT2D eigenvalue weighted by molar-refractivity contribution is 5.91. The van der Waals surface area contributed by atoms with Crippen LogP contribution in [-0.4, -0.2) is 42.8 Å². The van der Waals surface area contributed by atoms with E-state index in [1.165, 1.54) is 7.11 Å².